The van der Waals surface area contributed by atoms with Crippen LogP contribution >= 0.6 is 0 Å². The third-order valence-corrected chi connectivity index (χ3v) is 5.57. The Hall–Kier alpha value is -3.17. The first-order chi connectivity index (χ1) is 14.5. The Kier molecular flexibility index (Phi) is 7.21. The summed E-state index contributed by atoms with van der Waals surface area (Å²) in [5, 5.41) is 16.0. The van der Waals surface area contributed by atoms with Gasteiger partial charge in [-0.1, -0.05) is 36.4 Å². The summed E-state index contributed by atoms with van der Waals surface area (Å²) in [7, 11) is -1.93. The number of benzene rings is 2. The zero-order chi connectivity index (χ0) is 21.4. The molecule has 0 spiro atoms. The number of sulfonamides is 1. The lowest BCUT2D eigenvalue weighted by molar-refractivity contribution is 0.598. The van der Waals surface area contributed by atoms with E-state index in [0.717, 1.165) is 12.0 Å². The van der Waals surface area contributed by atoms with Crippen molar-refractivity contribution in [2.75, 3.05) is 13.6 Å². The SMILES string of the molecule is CN=C(NCCc1ccc(S(N)(=O)=O)cc1)NCc1ccccc1Cn1cccn1. The van der Waals surface area contributed by atoms with Crippen LogP contribution in [0.3, 0.4) is 0 Å². The monoisotopic (exact) mass is 426 g/mol. The van der Waals surface area contributed by atoms with Crippen LogP contribution in [0, 0.1) is 0 Å². The van der Waals surface area contributed by atoms with Crippen molar-refractivity contribution in [2.45, 2.75) is 24.4 Å². The molecule has 4 N–H and O–H groups in total. The first-order valence-corrected chi connectivity index (χ1v) is 11.1. The summed E-state index contributed by atoms with van der Waals surface area (Å²) in [6.07, 6.45) is 4.44. The van der Waals surface area contributed by atoms with Gasteiger partial charge in [-0.2, -0.15) is 5.10 Å². The highest BCUT2D eigenvalue weighted by molar-refractivity contribution is 7.89. The van der Waals surface area contributed by atoms with E-state index < -0.39 is 10.0 Å². The van der Waals surface area contributed by atoms with Crippen LogP contribution in [0.2, 0.25) is 0 Å². The molecule has 1 aromatic heterocycles. The Bertz CT molecular complexity index is 1080. The number of hydrogen-bond donors (Lipinski definition) is 3. The Labute approximate surface area is 176 Å². The van der Waals surface area contributed by atoms with E-state index in [1.165, 1.54) is 23.3 Å². The molecule has 30 heavy (non-hydrogen) atoms. The highest BCUT2D eigenvalue weighted by atomic mass is 32.2. The maximum atomic E-state index is 11.3. The molecule has 0 atom stereocenters. The highest BCUT2D eigenvalue weighted by Crippen LogP contribution is 2.11. The largest absolute Gasteiger partial charge is 0.356 e. The van der Waals surface area contributed by atoms with Crippen molar-refractivity contribution < 1.29 is 8.42 Å². The van der Waals surface area contributed by atoms with Crippen LogP contribution in [0.15, 0.2) is 76.9 Å². The minimum Gasteiger partial charge on any atom is -0.356 e. The second kappa shape index (κ2) is 10.0. The number of primary sulfonamides is 1. The van der Waals surface area contributed by atoms with Gasteiger partial charge in [0.2, 0.25) is 10.0 Å². The fraction of sp³-hybridized carbons (Fsp3) is 0.238. The highest BCUT2D eigenvalue weighted by Gasteiger charge is 2.07. The van der Waals surface area contributed by atoms with Crippen LogP contribution in [0.4, 0.5) is 0 Å². The Morgan fingerprint density at radius 1 is 1.07 bits per heavy atom. The van der Waals surface area contributed by atoms with Crippen molar-refractivity contribution in [3.8, 4) is 0 Å². The van der Waals surface area contributed by atoms with Crippen LogP contribution in [0.1, 0.15) is 16.7 Å². The predicted molar refractivity (Wildman–Crippen MR) is 117 cm³/mol. The van der Waals surface area contributed by atoms with Gasteiger partial charge >= 0.3 is 0 Å². The van der Waals surface area contributed by atoms with Crippen LogP contribution in [-0.2, 0) is 29.5 Å². The topological polar surface area (TPSA) is 114 Å². The molecule has 158 valence electrons. The molecule has 0 saturated heterocycles. The van der Waals surface area contributed by atoms with E-state index >= 15 is 0 Å². The van der Waals surface area contributed by atoms with E-state index in [-0.39, 0.29) is 4.90 Å². The number of rotatable bonds is 8. The molecule has 0 saturated carbocycles. The van der Waals surface area contributed by atoms with Crippen LogP contribution in [-0.4, -0.2) is 37.8 Å². The molecule has 0 aliphatic carbocycles. The summed E-state index contributed by atoms with van der Waals surface area (Å²) in [5.74, 6) is 0.699. The molecular weight excluding hydrogens is 400 g/mol. The number of aromatic nitrogens is 2. The van der Waals surface area contributed by atoms with Crippen LogP contribution < -0.4 is 15.8 Å². The number of aliphatic imine (C=N–C) groups is 1. The molecule has 0 radical (unpaired) electrons. The van der Waals surface area contributed by atoms with E-state index in [1.807, 2.05) is 29.1 Å². The Morgan fingerprint density at radius 3 is 2.43 bits per heavy atom. The number of guanidine groups is 1. The molecule has 0 aliphatic rings. The second-order valence-corrected chi connectivity index (χ2v) is 8.33. The van der Waals surface area contributed by atoms with E-state index in [9.17, 15) is 8.42 Å². The number of nitrogens with zero attached hydrogens (tertiary/aromatic N) is 3. The minimum absolute atomic E-state index is 0.116. The maximum absolute atomic E-state index is 11.3. The van der Waals surface area contributed by atoms with Gasteiger partial charge in [-0.05, 0) is 41.3 Å². The average molecular weight is 427 g/mol. The van der Waals surface area contributed by atoms with Crippen molar-refractivity contribution >= 4 is 16.0 Å². The van der Waals surface area contributed by atoms with Gasteiger partial charge in [0.1, 0.15) is 0 Å². The lowest BCUT2D eigenvalue weighted by Crippen LogP contribution is -2.38. The normalized spacial score (nSPS) is 12.0. The van der Waals surface area contributed by atoms with Gasteiger partial charge in [-0.3, -0.25) is 9.67 Å². The summed E-state index contributed by atoms with van der Waals surface area (Å²) < 4.78 is 24.5. The quantitative estimate of drug-likeness (QED) is 0.373. The molecule has 9 heteroatoms. The van der Waals surface area contributed by atoms with Crippen molar-refractivity contribution in [1.29, 1.82) is 0 Å². The molecule has 0 aliphatic heterocycles. The molecule has 1 heterocycles. The standard InChI is InChI=1S/C21H26N6O2S/c1-23-21(24-13-11-17-7-9-20(10-8-17)30(22,28)29)25-15-18-5-2-3-6-19(18)16-27-14-4-12-26-27/h2-10,12,14H,11,13,15-16H2,1H3,(H2,22,28,29)(H2,23,24,25). The van der Waals surface area contributed by atoms with Gasteiger partial charge in [0.15, 0.2) is 5.96 Å². The summed E-state index contributed by atoms with van der Waals surface area (Å²) in [6, 6.07) is 16.7. The van der Waals surface area contributed by atoms with E-state index in [0.29, 0.717) is 25.6 Å². The van der Waals surface area contributed by atoms with Crippen LogP contribution in [0.25, 0.3) is 0 Å². The van der Waals surface area contributed by atoms with Crippen molar-refractivity contribution in [3.63, 3.8) is 0 Å². The summed E-state index contributed by atoms with van der Waals surface area (Å²) in [5.41, 5.74) is 3.38. The summed E-state index contributed by atoms with van der Waals surface area (Å²) in [6.45, 7) is 2.01. The van der Waals surface area contributed by atoms with Gasteiger partial charge in [0.25, 0.3) is 0 Å². The van der Waals surface area contributed by atoms with Crippen molar-refractivity contribution in [3.05, 3.63) is 83.7 Å². The molecule has 0 amide bonds. The fourth-order valence-corrected chi connectivity index (χ4v) is 3.54. The number of hydrogen-bond acceptors (Lipinski definition) is 4. The Morgan fingerprint density at radius 2 is 1.80 bits per heavy atom. The Balaban J connectivity index is 1.51. The zero-order valence-corrected chi connectivity index (χ0v) is 17.6. The van der Waals surface area contributed by atoms with Crippen LogP contribution in [0.5, 0.6) is 0 Å². The van der Waals surface area contributed by atoms with Gasteiger partial charge in [0, 0.05) is 32.5 Å². The molecule has 0 bridgehead atoms. The zero-order valence-electron chi connectivity index (χ0n) is 16.8. The molecular formula is C21H26N6O2S. The van der Waals surface area contributed by atoms with E-state index in [4.69, 9.17) is 5.14 Å². The minimum atomic E-state index is -3.66. The summed E-state index contributed by atoms with van der Waals surface area (Å²) >= 11 is 0. The van der Waals surface area contributed by atoms with E-state index in [2.05, 4.69) is 32.9 Å². The third-order valence-electron chi connectivity index (χ3n) is 4.64. The first kappa shape index (κ1) is 21.5. The molecule has 2 aromatic carbocycles. The average Bonchev–Trinajstić information content (AvgIpc) is 3.24. The van der Waals surface area contributed by atoms with Gasteiger partial charge in [-0.25, -0.2) is 13.6 Å². The second-order valence-electron chi connectivity index (χ2n) is 6.76. The fourth-order valence-electron chi connectivity index (χ4n) is 3.02. The molecule has 3 aromatic rings. The number of nitrogens with two attached hydrogens (primary N) is 1. The lowest BCUT2D eigenvalue weighted by Gasteiger charge is -2.14. The molecule has 3 rings (SSSR count). The third kappa shape index (κ3) is 6.16. The first-order valence-electron chi connectivity index (χ1n) is 9.56. The molecule has 8 nitrogen and oxygen atoms in total. The van der Waals surface area contributed by atoms with Gasteiger partial charge in [0.05, 0.1) is 11.4 Å². The van der Waals surface area contributed by atoms with Crippen molar-refractivity contribution in [1.82, 2.24) is 20.4 Å². The smallest absolute Gasteiger partial charge is 0.238 e. The van der Waals surface area contributed by atoms with Gasteiger partial charge in [-0.15, -0.1) is 0 Å². The molecule has 0 unspecified atom stereocenters. The summed E-state index contributed by atoms with van der Waals surface area (Å²) in [4.78, 5) is 4.38. The predicted octanol–water partition coefficient (Wildman–Crippen LogP) is 1.49. The maximum Gasteiger partial charge on any atom is 0.238 e. The van der Waals surface area contributed by atoms with Crippen molar-refractivity contribution in [2.24, 2.45) is 10.1 Å². The molecule has 0 fully saturated rings. The van der Waals surface area contributed by atoms with Gasteiger partial charge < -0.3 is 10.6 Å². The van der Waals surface area contributed by atoms with E-state index in [1.54, 1.807) is 25.4 Å². The number of nitrogens with one attached hydrogen (secondary N) is 2. The lowest BCUT2D eigenvalue weighted by atomic mass is 10.1.